The van der Waals surface area contributed by atoms with Crippen molar-refractivity contribution in [1.82, 2.24) is 10.3 Å². The number of rotatable bonds is 4. The molecule has 2 saturated heterocycles. The van der Waals surface area contributed by atoms with Gasteiger partial charge in [-0.15, -0.1) is 0 Å². The van der Waals surface area contributed by atoms with E-state index in [9.17, 15) is 4.79 Å². The number of ether oxygens (including phenoxy) is 2. The standard InChI is InChI=1S/C21H25N3O3/c1-16-4-2-3-5-17(16)14-23-20(25)18-6-7-19(22-15-18)24-10-8-21(9-11-24)26-12-13-27-21/h2-7,15H,8-14H2,1H3,(H,23,25). The minimum Gasteiger partial charge on any atom is -0.356 e. The van der Waals surface area contributed by atoms with Crippen LogP contribution < -0.4 is 10.2 Å². The van der Waals surface area contributed by atoms with Crippen molar-refractivity contribution in [3.63, 3.8) is 0 Å². The van der Waals surface area contributed by atoms with Crippen molar-refractivity contribution in [1.29, 1.82) is 0 Å². The smallest absolute Gasteiger partial charge is 0.253 e. The number of hydrogen-bond acceptors (Lipinski definition) is 5. The second-order valence-corrected chi connectivity index (χ2v) is 7.11. The van der Waals surface area contributed by atoms with Crippen LogP contribution in [-0.2, 0) is 16.0 Å². The second-order valence-electron chi connectivity index (χ2n) is 7.11. The molecule has 27 heavy (non-hydrogen) atoms. The van der Waals surface area contributed by atoms with Crippen LogP contribution in [0.2, 0.25) is 0 Å². The Kier molecular flexibility index (Phi) is 5.09. The summed E-state index contributed by atoms with van der Waals surface area (Å²) in [6.45, 7) is 5.61. The lowest BCUT2D eigenvalue weighted by atomic mass is 10.0. The summed E-state index contributed by atoms with van der Waals surface area (Å²) in [7, 11) is 0. The molecule has 0 bridgehead atoms. The fraction of sp³-hybridized carbons (Fsp3) is 0.429. The third-order valence-corrected chi connectivity index (χ3v) is 5.37. The monoisotopic (exact) mass is 367 g/mol. The van der Waals surface area contributed by atoms with Crippen molar-refractivity contribution in [3.05, 3.63) is 59.3 Å². The summed E-state index contributed by atoms with van der Waals surface area (Å²) in [5.74, 6) is 0.396. The Morgan fingerprint density at radius 1 is 1.15 bits per heavy atom. The highest BCUT2D eigenvalue weighted by Gasteiger charge is 2.39. The Morgan fingerprint density at radius 3 is 2.56 bits per heavy atom. The van der Waals surface area contributed by atoms with E-state index in [1.165, 1.54) is 5.56 Å². The summed E-state index contributed by atoms with van der Waals surface area (Å²) < 4.78 is 11.5. The average Bonchev–Trinajstić information content (AvgIpc) is 3.16. The van der Waals surface area contributed by atoms with Crippen molar-refractivity contribution in [3.8, 4) is 0 Å². The van der Waals surface area contributed by atoms with Gasteiger partial charge in [-0.1, -0.05) is 24.3 Å². The molecule has 2 aliphatic heterocycles. The maximum atomic E-state index is 12.4. The fourth-order valence-corrected chi connectivity index (χ4v) is 3.66. The first kappa shape index (κ1) is 17.9. The third kappa shape index (κ3) is 3.96. The maximum Gasteiger partial charge on any atom is 0.253 e. The summed E-state index contributed by atoms with van der Waals surface area (Å²) in [5.41, 5.74) is 2.86. The molecule has 2 aromatic rings. The normalized spacial score (nSPS) is 18.6. The molecule has 6 nitrogen and oxygen atoms in total. The number of amides is 1. The van der Waals surface area contributed by atoms with Crippen LogP contribution in [0.15, 0.2) is 42.6 Å². The molecule has 0 atom stereocenters. The highest BCUT2D eigenvalue weighted by atomic mass is 16.7. The van der Waals surface area contributed by atoms with E-state index in [2.05, 4.69) is 15.2 Å². The zero-order valence-electron chi connectivity index (χ0n) is 15.6. The molecular weight excluding hydrogens is 342 g/mol. The Hall–Kier alpha value is -2.44. The first-order chi connectivity index (χ1) is 13.2. The van der Waals surface area contributed by atoms with Crippen molar-refractivity contribution in [2.75, 3.05) is 31.2 Å². The number of anilines is 1. The number of aryl methyl sites for hydroxylation is 1. The molecule has 142 valence electrons. The van der Waals surface area contributed by atoms with E-state index in [4.69, 9.17) is 9.47 Å². The van der Waals surface area contributed by atoms with Gasteiger partial charge in [-0.2, -0.15) is 0 Å². The maximum absolute atomic E-state index is 12.4. The number of carbonyl (C=O) groups excluding carboxylic acids is 1. The number of aromatic nitrogens is 1. The van der Waals surface area contributed by atoms with E-state index >= 15 is 0 Å². The lowest BCUT2D eigenvalue weighted by molar-refractivity contribution is -0.169. The van der Waals surface area contributed by atoms with Crippen molar-refractivity contribution in [2.24, 2.45) is 0 Å². The van der Waals surface area contributed by atoms with Crippen LogP contribution in [0.3, 0.4) is 0 Å². The molecule has 0 aliphatic carbocycles. The minimum absolute atomic E-state index is 0.109. The highest BCUT2D eigenvalue weighted by Crippen LogP contribution is 2.32. The Bertz CT molecular complexity index is 791. The number of nitrogens with zero attached hydrogens (tertiary/aromatic N) is 2. The van der Waals surface area contributed by atoms with Gasteiger partial charge in [0.2, 0.25) is 0 Å². The molecule has 1 aromatic carbocycles. The molecular formula is C21H25N3O3. The first-order valence-corrected chi connectivity index (χ1v) is 9.47. The Balaban J connectivity index is 1.33. The lowest BCUT2D eigenvalue weighted by Gasteiger charge is -2.38. The molecule has 1 spiro atoms. The molecule has 6 heteroatoms. The van der Waals surface area contributed by atoms with Crippen molar-refractivity contribution < 1.29 is 14.3 Å². The topological polar surface area (TPSA) is 63.7 Å². The fourth-order valence-electron chi connectivity index (χ4n) is 3.66. The molecule has 0 saturated carbocycles. The molecule has 1 amide bonds. The van der Waals surface area contributed by atoms with Gasteiger partial charge in [0.15, 0.2) is 5.79 Å². The van der Waals surface area contributed by atoms with Crippen LogP contribution in [0.1, 0.15) is 34.3 Å². The average molecular weight is 367 g/mol. The summed E-state index contributed by atoms with van der Waals surface area (Å²) in [4.78, 5) is 19.1. The van der Waals surface area contributed by atoms with Gasteiger partial charge < -0.3 is 19.7 Å². The van der Waals surface area contributed by atoms with Crippen LogP contribution in [0, 0.1) is 6.92 Å². The zero-order chi connectivity index (χ0) is 18.7. The zero-order valence-corrected chi connectivity index (χ0v) is 15.6. The number of carbonyl (C=O) groups is 1. The van der Waals surface area contributed by atoms with Gasteiger partial charge >= 0.3 is 0 Å². The molecule has 2 aliphatic rings. The van der Waals surface area contributed by atoms with Crippen LogP contribution >= 0.6 is 0 Å². The van der Waals surface area contributed by atoms with E-state index in [0.29, 0.717) is 25.3 Å². The number of piperidine rings is 1. The highest BCUT2D eigenvalue weighted by molar-refractivity contribution is 5.94. The van der Waals surface area contributed by atoms with Crippen LogP contribution in [0.4, 0.5) is 5.82 Å². The molecule has 2 fully saturated rings. The number of hydrogen-bond donors (Lipinski definition) is 1. The quantitative estimate of drug-likeness (QED) is 0.900. The summed E-state index contributed by atoms with van der Waals surface area (Å²) in [5, 5.41) is 2.96. The van der Waals surface area contributed by atoms with Crippen LogP contribution in [-0.4, -0.2) is 43.0 Å². The number of benzene rings is 1. The third-order valence-electron chi connectivity index (χ3n) is 5.37. The summed E-state index contributed by atoms with van der Waals surface area (Å²) in [6.07, 6.45) is 3.33. The number of nitrogens with one attached hydrogen (secondary N) is 1. The van der Waals surface area contributed by atoms with Gasteiger partial charge in [0, 0.05) is 38.7 Å². The molecule has 1 aromatic heterocycles. The van der Waals surface area contributed by atoms with E-state index in [0.717, 1.165) is 37.3 Å². The SMILES string of the molecule is Cc1ccccc1CNC(=O)c1ccc(N2CCC3(CC2)OCCO3)nc1. The molecule has 0 unspecified atom stereocenters. The minimum atomic E-state index is -0.383. The van der Waals surface area contributed by atoms with Crippen LogP contribution in [0.25, 0.3) is 0 Å². The molecule has 0 radical (unpaired) electrons. The van der Waals surface area contributed by atoms with Crippen molar-refractivity contribution >= 4 is 11.7 Å². The van der Waals surface area contributed by atoms with Crippen LogP contribution in [0.5, 0.6) is 0 Å². The van der Waals surface area contributed by atoms with Gasteiger partial charge in [0.25, 0.3) is 5.91 Å². The first-order valence-electron chi connectivity index (χ1n) is 9.47. The van der Waals surface area contributed by atoms with Gasteiger partial charge in [-0.05, 0) is 30.2 Å². The van der Waals surface area contributed by atoms with Gasteiger partial charge in [0.1, 0.15) is 5.82 Å². The van der Waals surface area contributed by atoms with E-state index in [1.807, 2.05) is 43.3 Å². The summed E-state index contributed by atoms with van der Waals surface area (Å²) in [6, 6.07) is 11.8. The molecule has 1 N–H and O–H groups in total. The Labute approximate surface area is 159 Å². The van der Waals surface area contributed by atoms with E-state index < -0.39 is 0 Å². The number of pyridine rings is 1. The predicted octanol–water partition coefficient (Wildman–Crippen LogP) is 2.66. The summed E-state index contributed by atoms with van der Waals surface area (Å²) >= 11 is 0. The molecule has 3 heterocycles. The molecule has 4 rings (SSSR count). The van der Waals surface area contributed by atoms with E-state index in [1.54, 1.807) is 6.20 Å². The second kappa shape index (κ2) is 7.66. The van der Waals surface area contributed by atoms with Gasteiger partial charge in [-0.25, -0.2) is 4.98 Å². The van der Waals surface area contributed by atoms with Crippen molar-refractivity contribution in [2.45, 2.75) is 32.1 Å². The predicted molar refractivity (Wildman–Crippen MR) is 103 cm³/mol. The largest absolute Gasteiger partial charge is 0.356 e. The Morgan fingerprint density at radius 2 is 1.89 bits per heavy atom. The van der Waals surface area contributed by atoms with E-state index in [-0.39, 0.29) is 11.7 Å². The van der Waals surface area contributed by atoms with Gasteiger partial charge in [0.05, 0.1) is 18.8 Å². The van der Waals surface area contributed by atoms with Gasteiger partial charge in [-0.3, -0.25) is 4.79 Å². The lowest BCUT2D eigenvalue weighted by Crippen LogP contribution is -2.45.